The Labute approximate surface area is 149 Å². The minimum atomic E-state index is -0.863. The Bertz CT molecular complexity index is 935. The second-order valence-electron chi connectivity index (χ2n) is 5.78. The van der Waals surface area contributed by atoms with Crippen LogP contribution in [0.5, 0.6) is 0 Å². The Balaban J connectivity index is 1.92. The van der Waals surface area contributed by atoms with Gasteiger partial charge in [-0.15, -0.1) is 0 Å². The normalized spacial score (nSPS) is 13.3. The molecule has 0 bridgehead atoms. The third kappa shape index (κ3) is 2.95. The molecule has 1 aliphatic rings. The molecule has 132 valence electrons. The number of hydrogen-bond donors (Lipinski definition) is 2. The topological polar surface area (TPSA) is 102 Å². The third-order valence-electron chi connectivity index (χ3n) is 4.10. The fourth-order valence-electron chi connectivity index (χ4n) is 2.84. The van der Waals surface area contributed by atoms with E-state index in [2.05, 4.69) is 15.4 Å². The van der Waals surface area contributed by atoms with E-state index in [1.165, 1.54) is 20.1 Å². The van der Waals surface area contributed by atoms with E-state index in [4.69, 9.17) is 0 Å². The molecule has 0 aromatic heterocycles. The van der Waals surface area contributed by atoms with Crippen molar-refractivity contribution in [3.63, 3.8) is 0 Å². The number of carbonyl (C=O) groups is 4. The lowest BCUT2D eigenvalue weighted by Gasteiger charge is -2.20. The Hall–Kier alpha value is -3.48. The van der Waals surface area contributed by atoms with Crippen molar-refractivity contribution in [2.75, 3.05) is 12.4 Å². The Morgan fingerprint density at radius 1 is 0.923 bits per heavy atom. The number of rotatable bonds is 3. The molecule has 1 aliphatic carbocycles. The van der Waals surface area contributed by atoms with Crippen LogP contribution in [-0.2, 0) is 9.53 Å². The lowest BCUT2D eigenvalue weighted by molar-refractivity contribution is -0.142. The van der Waals surface area contributed by atoms with Crippen LogP contribution in [0.15, 0.2) is 42.5 Å². The number of carbonyl (C=O) groups excluding carboxylic acids is 4. The number of fused-ring (bicyclic) bond motifs is 2. The fraction of sp³-hybridized carbons (Fsp3) is 0.158. The summed E-state index contributed by atoms with van der Waals surface area (Å²) in [5.41, 5.74) is 1.20. The summed E-state index contributed by atoms with van der Waals surface area (Å²) in [5.74, 6) is -1.22. The molecular formula is C19H16N2O5. The van der Waals surface area contributed by atoms with Crippen molar-refractivity contribution in [1.82, 2.24) is 5.32 Å². The minimum absolute atomic E-state index is 0.136. The van der Waals surface area contributed by atoms with Gasteiger partial charge < -0.3 is 15.4 Å². The quantitative estimate of drug-likeness (QED) is 0.703. The van der Waals surface area contributed by atoms with Crippen molar-refractivity contribution < 1.29 is 23.9 Å². The van der Waals surface area contributed by atoms with Crippen molar-refractivity contribution in [1.29, 1.82) is 0 Å². The van der Waals surface area contributed by atoms with Crippen LogP contribution in [0.4, 0.5) is 10.5 Å². The van der Waals surface area contributed by atoms with E-state index >= 15 is 0 Å². The Morgan fingerprint density at radius 3 is 2.19 bits per heavy atom. The number of anilines is 1. The summed E-state index contributed by atoms with van der Waals surface area (Å²) in [5, 5.41) is 4.94. The van der Waals surface area contributed by atoms with Crippen molar-refractivity contribution in [2.24, 2.45) is 0 Å². The van der Waals surface area contributed by atoms with Crippen LogP contribution in [0.25, 0.3) is 0 Å². The second-order valence-corrected chi connectivity index (χ2v) is 5.78. The SMILES string of the molecule is COC(=O)C(C)NC(=O)Nc1cccc2c1C(=O)c1ccccc1C2=O. The summed E-state index contributed by atoms with van der Waals surface area (Å²) in [4.78, 5) is 49.0. The number of benzene rings is 2. The van der Waals surface area contributed by atoms with Gasteiger partial charge in [0.1, 0.15) is 6.04 Å². The fourth-order valence-corrected chi connectivity index (χ4v) is 2.84. The molecule has 2 aromatic carbocycles. The highest BCUT2D eigenvalue weighted by atomic mass is 16.5. The van der Waals surface area contributed by atoms with E-state index in [9.17, 15) is 19.2 Å². The molecule has 0 aliphatic heterocycles. The average Bonchev–Trinajstić information content (AvgIpc) is 2.65. The predicted octanol–water partition coefficient (Wildman–Crippen LogP) is 2.14. The van der Waals surface area contributed by atoms with Crippen molar-refractivity contribution in [3.05, 3.63) is 64.7 Å². The highest BCUT2D eigenvalue weighted by molar-refractivity contribution is 6.30. The highest BCUT2D eigenvalue weighted by Crippen LogP contribution is 2.31. The molecule has 26 heavy (non-hydrogen) atoms. The number of methoxy groups -OCH3 is 1. The summed E-state index contributed by atoms with van der Waals surface area (Å²) >= 11 is 0. The maximum Gasteiger partial charge on any atom is 0.328 e. The smallest absolute Gasteiger partial charge is 0.328 e. The molecule has 7 nitrogen and oxygen atoms in total. The maximum atomic E-state index is 12.8. The molecule has 2 amide bonds. The van der Waals surface area contributed by atoms with Crippen LogP contribution in [0, 0.1) is 0 Å². The van der Waals surface area contributed by atoms with Gasteiger partial charge in [-0.05, 0) is 13.0 Å². The molecule has 0 heterocycles. The highest BCUT2D eigenvalue weighted by Gasteiger charge is 2.31. The first-order valence-corrected chi connectivity index (χ1v) is 7.90. The van der Waals surface area contributed by atoms with Gasteiger partial charge >= 0.3 is 12.0 Å². The van der Waals surface area contributed by atoms with Crippen LogP contribution in [-0.4, -0.2) is 36.7 Å². The van der Waals surface area contributed by atoms with Crippen molar-refractivity contribution in [2.45, 2.75) is 13.0 Å². The van der Waals surface area contributed by atoms with E-state index < -0.39 is 18.0 Å². The minimum Gasteiger partial charge on any atom is -0.467 e. The van der Waals surface area contributed by atoms with Gasteiger partial charge in [-0.1, -0.05) is 36.4 Å². The number of ketones is 2. The van der Waals surface area contributed by atoms with Gasteiger partial charge in [0.15, 0.2) is 11.6 Å². The number of ether oxygens (including phenoxy) is 1. The van der Waals surface area contributed by atoms with Gasteiger partial charge in [-0.3, -0.25) is 9.59 Å². The predicted molar refractivity (Wildman–Crippen MR) is 93.4 cm³/mol. The summed E-state index contributed by atoms with van der Waals surface area (Å²) < 4.78 is 4.54. The first-order valence-electron chi connectivity index (χ1n) is 7.90. The molecule has 1 atom stereocenters. The second kappa shape index (κ2) is 6.79. The van der Waals surface area contributed by atoms with E-state index in [1.54, 1.807) is 36.4 Å². The van der Waals surface area contributed by atoms with E-state index in [-0.39, 0.29) is 28.4 Å². The molecule has 0 spiro atoms. The summed E-state index contributed by atoms with van der Waals surface area (Å²) in [7, 11) is 1.22. The van der Waals surface area contributed by atoms with E-state index in [0.717, 1.165) is 0 Å². The standard InChI is InChI=1S/C19H16N2O5/c1-10(18(24)26-2)20-19(25)21-14-9-5-8-13-15(14)17(23)12-7-4-3-6-11(12)16(13)22/h3-10H,1-2H3,(H2,20,21,25). The molecular weight excluding hydrogens is 336 g/mol. The van der Waals surface area contributed by atoms with Gasteiger partial charge in [0.05, 0.1) is 18.4 Å². The van der Waals surface area contributed by atoms with Crippen LogP contribution >= 0.6 is 0 Å². The van der Waals surface area contributed by atoms with Gasteiger partial charge in [-0.2, -0.15) is 0 Å². The molecule has 0 saturated carbocycles. The van der Waals surface area contributed by atoms with Crippen LogP contribution in [0.1, 0.15) is 38.8 Å². The zero-order valence-electron chi connectivity index (χ0n) is 14.2. The van der Waals surface area contributed by atoms with Gasteiger partial charge in [0.2, 0.25) is 0 Å². The zero-order valence-corrected chi connectivity index (χ0v) is 14.2. The van der Waals surface area contributed by atoms with Gasteiger partial charge in [-0.25, -0.2) is 9.59 Å². The zero-order chi connectivity index (χ0) is 18.8. The third-order valence-corrected chi connectivity index (χ3v) is 4.10. The molecule has 2 N–H and O–H groups in total. The molecule has 0 saturated heterocycles. The van der Waals surface area contributed by atoms with E-state index in [0.29, 0.717) is 11.1 Å². The number of urea groups is 1. The average molecular weight is 352 g/mol. The van der Waals surface area contributed by atoms with Crippen LogP contribution < -0.4 is 10.6 Å². The van der Waals surface area contributed by atoms with Crippen LogP contribution in [0.3, 0.4) is 0 Å². The maximum absolute atomic E-state index is 12.8. The lowest BCUT2D eigenvalue weighted by Crippen LogP contribution is -2.41. The summed E-state index contributed by atoms with van der Waals surface area (Å²) in [6.07, 6.45) is 0. The molecule has 3 rings (SSSR count). The largest absolute Gasteiger partial charge is 0.467 e. The Morgan fingerprint density at radius 2 is 1.54 bits per heavy atom. The van der Waals surface area contributed by atoms with Crippen molar-refractivity contribution >= 4 is 29.3 Å². The monoisotopic (exact) mass is 352 g/mol. The lowest BCUT2D eigenvalue weighted by atomic mass is 9.83. The van der Waals surface area contributed by atoms with Gasteiger partial charge in [0, 0.05) is 16.7 Å². The number of esters is 1. The number of nitrogens with one attached hydrogen (secondary N) is 2. The van der Waals surface area contributed by atoms with Gasteiger partial charge in [0.25, 0.3) is 0 Å². The summed E-state index contributed by atoms with van der Waals surface area (Å²) in [6, 6.07) is 9.66. The first kappa shape index (κ1) is 17.3. The molecule has 1 unspecified atom stereocenters. The molecule has 0 fully saturated rings. The van der Waals surface area contributed by atoms with Crippen LogP contribution in [0.2, 0.25) is 0 Å². The molecule has 0 radical (unpaired) electrons. The van der Waals surface area contributed by atoms with Crippen molar-refractivity contribution in [3.8, 4) is 0 Å². The Kier molecular flexibility index (Phi) is 4.53. The van der Waals surface area contributed by atoms with E-state index in [1.807, 2.05) is 0 Å². The number of amides is 2. The first-order chi connectivity index (χ1) is 12.4. The number of hydrogen-bond acceptors (Lipinski definition) is 5. The summed E-state index contributed by atoms with van der Waals surface area (Å²) in [6.45, 7) is 1.47. The molecule has 2 aromatic rings. The molecule has 7 heteroatoms.